The second kappa shape index (κ2) is 5.97. The minimum absolute atomic E-state index is 0.0547. The van der Waals surface area contributed by atoms with Gasteiger partial charge in [-0.1, -0.05) is 0 Å². The number of carbonyl (C=O) groups excluding carboxylic acids is 1. The molecule has 1 aliphatic carbocycles. The summed E-state index contributed by atoms with van der Waals surface area (Å²) in [4.78, 5) is 17.9. The van der Waals surface area contributed by atoms with Crippen LogP contribution in [0.5, 0.6) is 0 Å². The van der Waals surface area contributed by atoms with E-state index in [9.17, 15) is 4.79 Å². The van der Waals surface area contributed by atoms with Gasteiger partial charge in [0.15, 0.2) is 5.69 Å². The molecule has 112 valence electrons. The molecule has 0 fully saturated rings. The Balaban J connectivity index is 1.48. The molecule has 0 atom stereocenters. The first-order valence-corrected chi connectivity index (χ1v) is 8.24. The van der Waals surface area contributed by atoms with Crippen molar-refractivity contribution in [3.63, 3.8) is 0 Å². The van der Waals surface area contributed by atoms with Gasteiger partial charge in [0, 0.05) is 29.1 Å². The number of amides is 1. The second-order valence-corrected chi connectivity index (χ2v) is 6.78. The largest absolute Gasteiger partial charge is 0.351 e. The third kappa shape index (κ3) is 3.00. The molecule has 21 heavy (non-hydrogen) atoms. The molecule has 3 rings (SSSR count). The highest BCUT2D eigenvalue weighted by Crippen LogP contribution is 2.22. The Labute approximate surface area is 128 Å². The Hall–Kier alpha value is -1.69. The van der Waals surface area contributed by atoms with Crippen LogP contribution >= 0.6 is 11.3 Å². The molecule has 0 saturated carbocycles. The molecule has 0 bridgehead atoms. The smallest absolute Gasteiger partial charge is 0.272 e. The van der Waals surface area contributed by atoms with E-state index in [2.05, 4.69) is 27.4 Å². The van der Waals surface area contributed by atoms with Gasteiger partial charge in [0.25, 0.3) is 5.91 Å². The second-order valence-electron chi connectivity index (χ2n) is 5.49. The number of rotatable bonds is 5. The number of hydrogen-bond donors (Lipinski definition) is 2. The number of carbonyl (C=O) groups is 1. The van der Waals surface area contributed by atoms with E-state index in [1.807, 2.05) is 6.92 Å². The number of fused-ring (bicyclic) bond motifs is 1. The van der Waals surface area contributed by atoms with Gasteiger partial charge in [0.05, 0.1) is 10.7 Å². The molecule has 0 saturated heterocycles. The Bertz CT molecular complexity index is 639. The Morgan fingerprint density at radius 1 is 1.38 bits per heavy atom. The predicted octanol–water partition coefficient (Wildman–Crippen LogP) is 2.33. The van der Waals surface area contributed by atoms with Gasteiger partial charge >= 0.3 is 0 Å². The lowest BCUT2D eigenvalue weighted by Crippen LogP contribution is -2.26. The van der Waals surface area contributed by atoms with Gasteiger partial charge in [-0.15, -0.1) is 11.3 Å². The summed E-state index contributed by atoms with van der Waals surface area (Å²) in [5, 5.41) is 11.2. The normalized spacial score (nSPS) is 13.4. The molecule has 0 radical (unpaired) electrons. The first kappa shape index (κ1) is 14.3. The minimum Gasteiger partial charge on any atom is -0.351 e. The van der Waals surface area contributed by atoms with Crippen molar-refractivity contribution in [1.82, 2.24) is 20.5 Å². The van der Waals surface area contributed by atoms with Crippen LogP contribution in [-0.4, -0.2) is 27.6 Å². The Kier molecular flexibility index (Phi) is 4.05. The number of H-pyrrole nitrogens is 1. The fraction of sp³-hybridized carbons (Fsp3) is 0.533. The van der Waals surface area contributed by atoms with Gasteiger partial charge in [0.1, 0.15) is 0 Å². The number of nitrogens with zero attached hydrogens (tertiary/aromatic N) is 2. The van der Waals surface area contributed by atoms with Crippen LogP contribution in [0.2, 0.25) is 0 Å². The molecular weight excluding hydrogens is 284 g/mol. The highest BCUT2D eigenvalue weighted by molar-refractivity contribution is 7.11. The van der Waals surface area contributed by atoms with Crippen LogP contribution in [0.25, 0.3) is 0 Å². The van der Waals surface area contributed by atoms with Crippen LogP contribution < -0.4 is 5.32 Å². The average molecular weight is 304 g/mol. The number of aromatic nitrogens is 3. The Morgan fingerprint density at radius 3 is 3.00 bits per heavy atom. The van der Waals surface area contributed by atoms with Crippen LogP contribution in [0.3, 0.4) is 0 Å². The molecular formula is C15H20N4OS. The van der Waals surface area contributed by atoms with Crippen molar-refractivity contribution < 1.29 is 4.79 Å². The van der Waals surface area contributed by atoms with Gasteiger partial charge in [-0.2, -0.15) is 5.10 Å². The molecule has 2 N–H and O–H groups in total. The van der Waals surface area contributed by atoms with Crippen LogP contribution in [0.15, 0.2) is 0 Å². The van der Waals surface area contributed by atoms with E-state index in [1.54, 1.807) is 11.3 Å². The average Bonchev–Trinajstić information content (AvgIpc) is 3.11. The molecule has 2 heterocycles. The minimum atomic E-state index is -0.0547. The summed E-state index contributed by atoms with van der Waals surface area (Å²) in [6.07, 6.45) is 4.92. The summed E-state index contributed by atoms with van der Waals surface area (Å²) < 4.78 is 0. The van der Waals surface area contributed by atoms with Crippen LogP contribution in [0.1, 0.15) is 50.2 Å². The molecule has 2 aromatic rings. The van der Waals surface area contributed by atoms with E-state index in [-0.39, 0.29) is 5.91 Å². The van der Waals surface area contributed by atoms with Gasteiger partial charge in [-0.25, -0.2) is 4.98 Å². The molecule has 6 heteroatoms. The standard InChI is InChI=1S/C15H20N4OS/c1-9-10(2)21-13(17-9)7-4-8-16-15(20)14-11-5-3-6-12(11)18-19-14/h3-8H2,1-2H3,(H,16,20)(H,18,19). The maximum Gasteiger partial charge on any atom is 0.272 e. The third-order valence-electron chi connectivity index (χ3n) is 3.95. The van der Waals surface area contributed by atoms with Gasteiger partial charge in [0.2, 0.25) is 0 Å². The molecule has 0 spiro atoms. The molecule has 5 nitrogen and oxygen atoms in total. The van der Waals surface area contributed by atoms with E-state index in [0.717, 1.165) is 54.1 Å². The number of thiazole rings is 1. The van der Waals surface area contributed by atoms with Crippen molar-refractivity contribution in [2.45, 2.75) is 46.0 Å². The number of aromatic amines is 1. The zero-order valence-corrected chi connectivity index (χ0v) is 13.3. The van der Waals surface area contributed by atoms with Crippen LogP contribution in [0.4, 0.5) is 0 Å². The molecule has 1 aliphatic rings. The van der Waals surface area contributed by atoms with Gasteiger partial charge in [-0.3, -0.25) is 9.89 Å². The summed E-state index contributed by atoms with van der Waals surface area (Å²) in [6, 6.07) is 0. The van der Waals surface area contributed by atoms with Crippen molar-refractivity contribution in [1.29, 1.82) is 0 Å². The zero-order valence-electron chi connectivity index (χ0n) is 12.5. The lowest BCUT2D eigenvalue weighted by Gasteiger charge is -2.03. The number of nitrogens with one attached hydrogen (secondary N) is 2. The molecule has 0 aliphatic heterocycles. The summed E-state index contributed by atoms with van der Waals surface area (Å²) >= 11 is 1.75. The van der Waals surface area contributed by atoms with Crippen LogP contribution in [-0.2, 0) is 19.3 Å². The summed E-state index contributed by atoms with van der Waals surface area (Å²) in [6.45, 7) is 4.80. The summed E-state index contributed by atoms with van der Waals surface area (Å²) in [7, 11) is 0. The highest BCUT2D eigenvalue weighted by Gasteiger charge is 2.22. The van der Waals surface area contributed by atoms with E-state index in [4.69, 9.17) is 0 Å². The first-order valence-electron chi connectivity index (χ1n) is 7.42. The molecule has 0 unspecified atom stereocenters. The van der Waals surface area contributed by atoms with Crippen molar-refractivity contribution in [2.24, 2.45) is 0 Å². The fourth-order valence-corrected chi connectivity index (χ4v) is 3.65. The Morgan fingerprint density at radius 2 is 2.24 bits per heavy atom. The van der Waals surface area contributed by atoms with Gasteiger partial charge in [-0.05, 0) is 39.5 Å². The van der Waals surface area contributed by atoms with Crippen LogP contribution in [0, 0.1) is 13.8 Å². The molecule has 2 aromatic heterocycles. The van der Waals surface area contributed by atoms with Crippen molar-refractivity contribution in [2.75, 3.05) is 6.54 Å². The van der Waals surface area contributed by atoms with Crippen molar-refractivity contribution in [3.8, 4) is 0 Å². The monoisotopic (exact) mass is 304 g/mol. The fourth-order valence-electron chi connectivity index (χ4n) is 2.68. The quantitative estimate of drug-likeness (QED) is 0.833. The van der Waals surface area contributed by atoms with Crippen molar-refractivity contribution in [3.05, 3.63) is 32.5 Å². The number of hydrogen-bond acceptors (Lipinski definition) is 4. The van der Waals surface area contributed by atoms with E-state index in [1.165, 1.54) is 4.88 Å². The third-order valence-corrected chi connectivity index (χ3v) is 5.08. The molecule has 1 amide bonds. The topological polar surface area (TPSA) is 70.7 Å². The summed E-state index contributed by atoms with van der Waals surface area (Å²) in [5.74, 6) is -0.0547. The molecule has 0 aromatic carbocycles. The van der Waals surface area contributed by atoms with E-state index in [0.29, 0.717) is 12.2 Å². The van der Waals surface area contributed by atoms with Gasteiger partial charge < -0.3 is 5.32 Å². The van der Waals surface area contributed by atoms with E-state index < -0.39 is 0 Å². The SMILES string of the molecule is Cc1nc(CCCNC(=O)c2n[nH]c3c2CCC3)sc1C. The lowest BCUT2D eigenvalue weighted by atomic mass is 10.2. The van der Waals surface area contributed by atoms with Crippen molar-refractivity contribution >= 4 is 17.2 Å². The highest BCUT2D eigenvalue weighted by atomic mass is 32.1. The first-order chi connectivity index (χ1) is 10.1. The lowest BCUT2D eigenvalue weighted by molar-refractivity contribution is 0.0947. The zero-order chi connectivity index (χ0) is 14.8. The maximum atomic E-state index is 12.1. The predicted molar refractivity (Wildman–Crippen MR) is 82.9 cm³/mol. The summed E-state index contributed by atoms with van der Waals surface area (Å²) in [5.41, 5.74) is 3.95. The van der Waals surface area contributed by atoms with E-state index >= 15 is 0 Å². The maximum absolute atomic E-state index is 12.1. The number of aryl methyl sites for hydroxylation is 4.